The Morgan fingerprint density at radius 3 is 2.63 bits per heavy atom. The van der Waals surface area contributed by atoms with Crippen LogP contribution in [0.3, 0.4) is 0 Å². The van der Waals surface area contributed by atoms with Crippen LogP contribution in [0, 0.1) is 11.3 Å². The smallest absolute Gasteiger partial charge is 0.317 e. The van der Waals surface area contributed by atoms with E-state index < -0.39 is 12.0 Å². The predicted molar refractivity (Wildman–Crippen MR) is 68.5 cm³/mol. The summed E-state index contributed by atoms with van der Waals surface area (Å²) in [6.07, 6.45) is 0.653. The molecule has 0 heterocycles. The number of aliphatic carboxylic acids is 1. The number of carbonyl (C=O) groups is 2. The molecular formula is C12H21N3O4. The van der Waals surface area contributed by atoms with E-state index in [1.54, 1.807) is 0 Å². The van der Waals surface area contributed by atoms with Crippen molar-refractivity contribution in [3.05, 3.63) is 0 Å². The number of amides is 2. The maximum atomic E-state index is 12.0. The van der Waals surface area contributed by atoms with Crippen LogP contribution in [0.5, 0.6) is 0 Å². The Balaban J connectivity index is 4.42. The third-order valence-corrected chi connectivity index (χ3v) is 2.59. The van der Waals surface area contributed by atoms with Gasteiger partial charge in [-0.1, -0.05) is 6.92 Å². The Hall–Kier alpha value is -1.81. The third kappa shape index (κ3) is 8.00. The fraction of sp³-hybridized carbons (Fsp3) is 0.750. The van der Waals surface area contributed by atoms with Gasteiger partial charge in [-0.05, 0) is 6.42 Å². The average Bonchev–Trinajstić information content (AvgIpc) is 2.37. The van der Waals surface area contributed by atoms with Crippen molar-refractivity contribution in [3.63, 3.8) is 0 Å². The van der Waals surface area contributed by atoms with Gasteiger partial charge in [-0.15, -0.1) is 0 Å². The first-order chi connectivity index (χ1) is 9.04. The number of rotatable bonds is 9. The number of urea groups is 1. The molecule has 19 heavy (non-hydrogen) atoms. The third-order valence-electron chi connectivity index (χ3n) is 2.59. The van der Waals surface area contributed by atoms with E-state index in [1.807, 2.05) is 13.0 Å². The minimum atomic E-state index is -0.951. The quantitative estimate of drug-likeness (QED) is 0.646. The first-order valence-electron chi connectivity index (χ1n) is 6.18. The first-order valence-corrected chi connectivity index (χ1v) is 6.18. The van der Waals surface area contributed by atoms with Crippen molar-refractivity contribution in [2.45, 2.75) is 32.2 Å². The highest BCUT2D eigenvalue weighted by Gasteiger charge is 2.18. The van der Waals surface area contributed by atoms with Gasteiger partial charge in [-0.25, -0.2) is 4.79 Å². The fourth-order valence-electron chi connectivity index (χ4n) is 1.48. The molecular weight excluding hydrogens is 250 g/mol. The van der Waals surface area contributed by atoms with E-state index in [9.17, 15) is 9.59 Å². The standard InChI is InChI=1S/C12H21N3O4/c1-3-10(9-11(16)17)14-12(18)15(6-4-5-13)7-8-19-2/h10H,3-4,6-9H2,1-2H3,(H,14,18)(H,16,17). The highest BCUT2D eigenvalue weighted by Crippen LogP contribution is 2.01. The van der Waals surface area contributed by atoms with Crippen molar-refractivity contribution in [2.24, 2.45) is 0 Å². The maximum absolute atomic E-state index is 12.0. The Bertz CT molecular complexity index is 327. The van der Waals surface area contributed by atoms with Crippen LogP contribution in [0.4, 0.5) is 4.79 Å². The molecule has 0 saturated heterocycles. The molecule has 0 radical (unpaired) electrons. The van der Waals surface area contributed by atoms with Crippen LogP contribution in [-0.4, -0.2) is 54.9 Å². The maximum Gasteiger partial charge on any atom is 0.317 e. The van der Waals surface area contributed by atoms with Crippen molar-refractivity contribution in [3.8, 4) is 6.07 Å². The van der Waals surface area contributed by atoms with Gasteiger partial charge in [0.25, 0.3) is 0 Å². The monoisotopic (exact) mass is 271 g/mol. The van der Waals surface area contributed by atoms with Gasteiger partial charge in [0, 0.05) is 26.2 Å². The van der Waals surface area contributed by atoms with Gasteiger partial charge in [0.05, 0.1) is 25.5 Å². The normalized spacial score (nSPS) is 11.4. The zero-order valence-electron chi connectivity index (χ0n) is 11.4. The number of carboxylic acids is 1. The van der Waals surface area contributed by atoms with Gasteiger partial charge in [-0.2, -0.15) is 5.26 Å². The number of carboxylic acid groups (broad SMARTS) is 1. The van der Waals surface area contributed by atoms with Crippen LogP contribution in [0.1, 0.15) is 26.2 Å². The van der Waals surface area contributed by atoms with Crippen molar-refractivity contribution in [2.75, 3.05) is 26.8 Å². The summed E-state index contributed by atoms with van der Waals surface area (Å²) in [5.74, 6) is -0.951. The molecule has 108 valence electrons. The minimum absolute atomic E-state index is 0.112. The van der Waals surface area contributed by atoms with Crippen molar-refractivity contribution in [1.29, 1.82) is 5.26 Å². The fourth-order valence-corrected chi connectivity index (χ4v) is 1.48. The largest absolute Gasteiger partial charge is 0.481 e. The zero-order valence-corrected chi connectivity index (χ0v) is 11.4. The Morgan fingerprint density at radius 1 is 1.47 bits per heavy atom. The molecule has 2 amide bonds. The van der Waals surface area contributed by atoms with Crippen molar-refractivity contribution >= 4 is 12.0 Å². The summed E-state index contributed by atoms with van der Waals surface area (Å²) in [6.45, 7) is 2.85. The molecule has 1 unspecified atom stereocenters. The molecule has 0 aromatic heterocycles. The van der Waals surface area contributed by atoms with E-state index in [4.69, 9.17) is 15.1 Å². The molecule has 0 fully saturated rings. The highest BCUT2D eigenvalue weighted by atomic mass is 16.5. The van der Waals surface area contributed by atoms with Gasteiger partial charge in [0.1, 0.15) is 0 Å². The lowest BCUT2D eigenvalue weighted by molar-refractivity contribution is -0.137. The number of hydrogen-bond donors (Lipinski definition) is 2. The molecule has 7 nitrogen and oxygen atoms in total. The summed E-state index contributed by atoms with van der Waals surface area (Å²) < 4.78 is 4.90. The van der Waals surface area contributed by atoms with E-state index >= 15 is 0 Å². The molecule has 2 N–H and O–H groups in total. The molecule has 7 heteroatoms. The number of hydrogen-bond acceptors (Lipinski definition) is 4. The Kier molecular flexibility index (Phi) is 9.18. The van der Waals surface area contributed by atoms with Crippen LogP contribution in [0.15, 0.2) is 0 Å². The molecule has 0 aliphatic heterocycles. The number of nitrogens with zero attached hydrogens (tertiary/aromatic N) is 2. The van der Waals surface area contributed by atoms with Crippen LogP contribution in [0.2, 0.25) is 0 Å². The number of nitrogens with one attached hydrogen (secondary N) is 1. The lowest BCUT2D eigenvalue weighted by Gasteiger charge is -2.24. The van der Waals surface area contributed by atoms with Crippen molar-refractivity contribution in [1.82, 2.24) is 10.2 Å². The molecule has 0 aliphatic carbocycles. The number of methoxy groups -OCH3 is 1. The molecule has 0 aliphatic rings. The van der Waals surface area contributed by atoms with E-state index in [2.05, 4.69) is 5.32 Å². The van der Waals surface area contributed by atoms with Gasteiger partial charge < -0.3 is 20.1 Å². The Labute approximate surface area is 113 Å². The molecule has 0 aromatic rings. The summed E-state index contributed by atoms with van der Waals surface area (Å²) in [6, 6.07) is 1.21. The van der Waals surface area contributed by atoms with Crippen LogP contribution in [0.25, 0.3) is 0 Å². The Morgan fingerprint density at radius 2 is 2.16 bits per heavy atom. The average molecular weight is 271 g/mol. The summed E-state index contributed by atoms with van der Waals surface area (Å²) in [7, 11) is 1.53. The van der Waals surface area contributed by atoms with E-state index in [0.29, 0.717) is 26.1 Å². The van der Waals surface area contributed by atoms with E-state index in [1.165, 1.54) is 12.0 Å². The highest BCUT2D eigenvalue weighted by molar-refractivity contribution is 5.76. The zero-order chi connectivity index (χ0) is 14.7. The van der Waals surface area contributed by atoms with Gasteiger partial charge >= 0.3 is 12.0 Å². The lowest BCUT2D eigenvalue weighted by Crippen LogP contribution is -2.46. The van der Waals surface area contributed by atoms with E-state index in [0.717, 1.165) is 0 Å². The van der Waals surface area contributed by atoms with Gasteiger partial charge in [0.2, 0.25) is 0 Å². The second kappa shape index (κ2) is 10.1. The van der Waals surface area contributed by atoms with Crippen molar-refractivity contribution < 1.29 is 19.4 Å². The molecule has 1 atom stereocenters. The molecule has 0 rings (SSSR count). The van der Waals surface area contributed by atoms with E-state index in [-0.39, 0.29) is 18.9 Å². The SMILES string of the molecule is CCC(CC(=O)O)NC(=O)N(CCC#N)CCOC. The number of nitriles is 1. The predicted octanol–water partition coefficient (Wildman–Crippen LogP) is 0.811. The van der Waals surface area contributed by atoms with Crippen LogP contribution >= 0.6 is 0 Å². The van der Waals surface area contributed by atoms with Gasteiger partial charge in [-0.3, -0.25) is 4.79 Å². The number of carbonyl (C=O) groups excluding carboxylic acids is 1. The molecule has 0 aromatic carbocycles. The summed E-state index contributed by atoms with van der Waals surface area (Å²) in [5, 5.41) is 19.9. The van der Waals surface area contributed by atoms with Gasteiger partial charge in [0.15, 0.2) is 0 Å². The molecule has 0 bridgehead atoms. The second-order valence-electron chi connectivity index (χ2n) is 4.04. The lowest BCUT2D eigenvalue weighted by atomic mass is 10.1. The summed E-state index contributed by atoms with van der Waals surface area (Å²) in [5.41, 5.74) is 0. The minimum Gasteiger partial charge on any atom is -0.481 e. The first kappa shape index (κ1) is 17.2. The molecule has 0 spiro atoms. The second-order valence-corrected chi connectivity index (χ2v) is 4.04. The number of ether oxygens (including phenoxy) is 1. The summed E-state index contributed by atoms with van der Waals surface area (Å²) >= 11 is 0. The van der Waals surface area contributed by atoms with Crippen LogP contribution in [-0.2, 0) is 9.53 Å². The molecule has 0 saturated carbocycles. The summed E-state index contributed by atoms with van der Waals surface area (Å²) in [4.78, 5) is 24.1. The van der Waals surface area contributed by atoms with Crippen LogP contribution < -0.4 is 5.32 Å². The topological polar surface area (TPSA) is 103 Å².